The molecule has 0 saturated heterocycles. The smallest absolute Gasteiger partial charge is 0.309 e. The molecular weight excluding hydrogens is 271 g/mol. The van der Waals surface area contributed by atoms with Gasteiger partial charge in [-0.25, -0.2) is 0 Å². The van der Waals surface area contributed by atoms with Gasteiger partial charge in [0.2, 0.25) is 0 Å². The molecule has 1 aliphatic rings. The fourth-order valence-electron chi connectivity index (χ4n) is 2.70. The summed E-state index contributed by atoms with van der Waals surface area (Å²) < 4.78 is 23.7. The van der Waals surface area contributed by atoms with Crippen molar-refractivity contribution in [2.45, 2.75) is 39.5 Å². The molecule has 1 atom stereocenters. The largest absolute Gasteiger partial charge is 0.331 e. The van der Waals surface area contributed by atoms with Crippen LogP contribution in [0.15, 0.2) is 24.3 Å². The molecule has 1 aliphatic carbocycles. The van der Waals surface area contributed by atoms with Crippen molar-refractivity contribution >= 4 is 7.60 Å². The van der Waals surface area contributed by atoms with Gasteiger partial charge in [0, 0.05) is 0 Å². The molecule has 4 heteroatoms. The lowest BCUT2D eigenvalue weighted by Crippen LogP contribution is -2.11. The molecule has 0 N–H and O–H groups in total. The first kappa shape index (κ1) is 15.8. The SMILES string of the molecule is CCOP(=O)(CC(c1cccc(C)c1)C1CC1)OCC. The van der Waals surface area contributed by atoms with Crippen molar-refractivity contribution in [2.24, 2.45) is 5.92 Å². The molecule has 0 amide bonds. The number of hydrogen-bond acceptors (Lipinski definition) is 3. The Morgan fingerprint density at radius 1 is 1.25 bits per heavy atom. The first-order chi connectivity index (χ1) is 9.58. The standard InChI is InChI=1S/C16H25O3P/c1-4-18-20(17,19-5-2)12-16(14-9-10-14)15-8-6-7-13(3)11-15/h6-8,11,14,16H,4-5,9-10,12H2,1-3H3. The summed E-state index contributed by atoms with van der Waals surface area (Å²) in [6, 6.07) is 8.51. The second-order valence-electron chi connectivity index (χ2n) is 5.49. The van der Waals surface area contributed by atoms with Crippen LogP contribution in [0.3, 0.4) is 0 Å². The van der Waals surface area contributed by atoms with E-state index < -0.39 is 7.60 Å². The number of rotatable bonds is 8. The summed E-state index contributed by atoms with van der Waals surface area (Å²) in [5.41, 5.74) is 2.52. The first-order valence-electron chi connectivity index (χ1n) is 7.52. The van der Waals surface area contributed by atoms with Crippen LogP contribution in [0.2, 0.25) is 0 Å². The van der Waals surface area contributed by atoms with Crippen molar-refractivity contribution in [2.75, 3.05) is 19.4 Å². The minimum Gasteiger partial charge on any atom is -0.309 e. The Bertz CT molecular complexity index is 472. The topological polar surface area (TPSA) is 35.5 Å². The van der Waals surface area contributed by atoms with Gasteiger partial charge in [-0.1, -0.05) is 29.8 Å². The summed E-state index contributed by atoms with van der Waals surface area (Å²) in [5, 5.41) is 0. The van der Waals surface area contributed by atoms with Crippen molar-refractivity contribution in [3.05, 3.63) is 35.4 Å². The minimum absolute atomic E-state index is 0.291. The maximum atomic E-state index is 12.8. The summed E-state index contributed by atoms with van der Waals surface area (Å²) in [6.07, 6.45) is 2.94. The molecule has 0 aromatic heterocycles. The maximum absolute atomic E-state index is 12.8. The molecule has 2 rings (SSSR count). The van der Waals surface area contributed by atoms with E-state index in [1.807, 2.05) is 13.8 Å². The molecule has 1 saturated carbocycles. The highest BCUT2D eigenvalue weighted by atomic mass is 31.2. The Morgan fingerprint density at radius 3 is 2.40 bits per heavy atom. The number of aryl methyl sites for hydroxylation is 1. The van der Waals surface area contributed by atoms with Crippen LogP contribution < -0.4 is 0 Å². The van der Waals surface area contributed by atoms with Crippen molar-refractivity contribution in [3.63, 3.8) is 0 Å². The van der Waals surface area contributed by atoms with Gasteiger partial charge in [-0.3, -0.25) is 4.57 Å². The van der Waals surface area contributed by atoms with E-state index in [-0.39, 0.29) is 0 Å². The molecule has 0 aliphatic heterocycles. The van der Waals surface area contributed by atoms with Gasteiger partial charge >= 0.3 is 7.60 Å². The van der Waals surface area contributed by atoms with Crippen LogP contribution in [0.5, 0.6) is 0 Å². The highest BCUT2D eigenvalue weighted by Gasteiger charge is 2.38. The van der Waals surface area contributed by atoms with Gasteiger partial charge in [-0.15, -0.1) is 0 Å². The highest BCUT2D eigenvalue weighted by Crippen LogP contribution is 2.56. The van der Waals surface area contributed by atoms with E-state index in [2.05, 4.69) is 31.2 Å². The quantitative estimate of drug-likeness (QED) is 0.649. The normalized spacial score (nSPS) is 17.1. The lowest BCUT2D eigenvalue weighted by Gasteiger charge is -2.23. The summed E-state index contributed by atoms with van der Waals surface area (Å²) in [6.45, 7) is 6.69. The average Bonchev–Trinajstić information content (AvgIpc) is 3.21. The van der Waals surface area contributed by atoms with Crippen LogP contribution in [0.1, 0.15) is 43.7 Å². The van der Waals surface area contributed by atoms with E-state index in [0.29, 0.717) is 31.2 Å². The molecule has 0 bridgehead atoms. The van der Waals surface area contributed by atoms with Gasteiger partial charge in [0.1, 0.15) is 0 Å². The predicted octanol–water partition coefficient (Wildman–Crippen LogP) is 4.75. The molecule has 1 fully saturated rings. The molecule has 1 aromatic rings. The fraction of sp³-hybridized carbons (Fsp3) is 0.625. The van der Waals surface area contributed by atoms with Crippen LogP contribution in [-0.4, -0.2) is 19.4 Å². The number of hydrogen-bond donors (Lipinski definition) is 0. The van der Waals surface area contributed by atoms with Crippen LogP contribution in [-0.2, 0) is 13.6 Å². The molecule has 112 valence electrons. The molecule has 0 heterocycles. The van der Waals surface area contributed by atoms with E-state index in [9.17, 15) is 4.57 Å². The number of benzene rings is 1. The third-order valence-corrected chi connectivity index (χ3v) is 5.88. The van der Waals surface area contributed by atoms with Crippen LogP contribution in [0.4, 0.5) is 0 Å². The van der Waals surface area contributed by atoms with Crippen molar-refractivity contribution < 1.29 is 13.6 Å². The van der Waals surface area contributed by atoms with Crippen molar-refractivity contribution in [1.29, 1.82) is 0 Å². The monoisotopic (exact) mass is 296 g/mol. The first-order valence-corrected chi connectivity index (χ1v) is 9.25. The van der Waals surface area contributed by atoms with Crippen LogP contribution in [0, 0.1) is 12.8 Å². The van der Waals surface area contributed by atoms with E-state index in [1.165, 1.54) is 24.0 Å². The zero-order valence-corrected chi connectivity index (χ0v) is 13.6. The van der Waals surface area contributed by atoms with E-state index >= 15 is 0 Å². The van der Waals surface area contributed by atoms with E-state index in [0.717, 1.165) is 0 Å². The molecular formula is C16H25O3P. The lowest BCUT2D eigenvalue weighted by molar-refractivity contribution is 0.217. The molecule has 20 heavy (non-hydrogen) atoms. The third-order valence-electron chi connectivity index (χ3n) is 3.73. The molecule has 1 aromatic carbocycles. The van der Waals surface area contributed by atoms with Crippen molar-refractivity contribution in [3.8, 4) is 0 Å². The highest BCUT2D eigenvalue weighted by molar-refractivity contribution is 7.53. The van der Waals surface area contributed by atoms with Gasteiger partial charge < -0.3 is 9.05 Å². The maximum Gasteiger partial charge on any atom is 0.331 e. The summed E-state index contributed by atoms with van der Waals surface area (Å²) in [5.74, 6) is 0.921. The summed E-state index contributed by atoms with van der Waals surface area (Å²) >= 11 is 0. The molecule has 0 radical (unpaired) electrons. The second-order valence-corrected chi connectivity index (χ2v) is 7.59. The predicted molar refractivity (Wildman–Crippen MR) is 82.4 cm³/mol. The summed E-state index contributed by atoms with van der Waals surface area (Å²) in [7, 11) is -2.97. The van der Waals surface area contributed by atoms with Crippen molar-refractivity contribution in [1.82, 2.24) is 0 Å². The Kier molecular flexibility index (Phi) is 5.42. The molecule has 3 nitrogen and oxygen atoms in total. The third kappa shape index (κ3) is 4.18. The molecule has 0 spiro atoms. The zero-order valence-electron chi connectivity index (χ0n) is 12.7. The zero-order chi connectivity index (χ0) is 14.6. The summed E-state index contributed by atoms with van der Waals surface area (Å²) in [4.78, 5) is 0. The van der Waals surface area contributed by atoms with Gasteiger partial charge in [-0.05, 0) is 51.0 Å². The minimum atomic E-state index is -2.97. The Labute approximate surface area is 122 Å². The van der Waals surface area contributed by atoms with Crippen LogP contribution >= 0.6 is 7.60 Å². The van der Waals surface area contributed by atoms with E-state index in [4.69, 9.17) is 9.05 Å². The van der Waals surface area contributed by atoms with Gasteiger partial charge in [0.25, 0.3) is 0 Å². The van der Waals surface area contributed by atoms with Crippen LogP contribution in [0.25, 0.3) is 0 Å². The molecule has 1 unspecified atom stereocenters. The second kappa shape index (κ2) is 6.89. The Hall–Kier alpha value is -0.630. The van der Waals surface area contributed by atoms with E-state index in [1.54, 1.807) is 0 Å². The van der Waals surface area contributed by atoms with Gasteiger partial charge in [-0.2, -0.15) is 0 Å². The van der Waals surface area contributed by atoms with Gasteiger partial charge in [0.05, 0.1) is 19.4 Å². The Morgan fingerprint density at radius 2 is 1.90 bits per heavy atom. The Balaban J connectivity index is 2.18. The lowest BCUT2D eigenvalue weighted by atomic mass is 9.95. The average molecular weight is 296 g/mol. The fourth-order valence-corrected chi connectivity index (χ4v) is 4.77. The van der Waals surface area contributed by atoms with Gasteiger partial charge in [0.15, 0.2) is 0 Å².